The molecule has 0 aromatic heterocycles. The van der Waals surface area contributed by atoms with Crippen molar-refractivity contribution in [2.24, 2.45) is 0 Å². The summed E-state index contributed by atoms with van der Waals surface area (Å²) < 4.78 is 0. The lowest BCUT2D eigenvalue weighted by atomic mass is 9.96. The molecule has 1 nitrogen and oxygen atoms in total. The Balaban J connectivity index is 1.94. The summed E-state index contributed by atoms with van der Waals surface area (Å²) in [4.78, 5) is 0. The zero-order valence-electron chi connectivity index (χ0n) is 13.3. The van der Waals surface area contributed by atoms with E-state index in [4.69, 9.17) is 11.6 Å². The minimum Gasteiger partial charge on any atom is -0.310 e. The van der Waals surface area contributed by atoms with Gasteiger partial charge in [-0.3, -0.25) is 0 Å². The van der Waals surface area contributed by atoms with Gasteiger partial charge in [0.05, 0.1) is 0 Å². The fraction of sp³-hybridized carbons (Fsp3) is 0.368. The van der Waals surface area contributed by atoms with Gasteiger partial charge in [-0.2, -0.15) is 0 Å². The first kappa shape index (κ1) is 16.1. The summed E-state index contributed by atoms with van der Waals surface area (Å²) >= 11 is 5.91. The Bertz CT molecular complexity index is 602. The molecule has 1 unspecified atom stereocenters. The predicted molar refractivity (Wildman–Crippen MR) is 92.2 cm³/mol. The van der Waals surface area contributed by atoms with Crippen LogP contribution in [0.5, 0.6) is 0 Å². The van der Waals surface area contributed by atoms with E-state index in [1.165, 1.54) is 27.8 Å². The highest BCUT2D eigenvalue weighted by Gasteiger charge is 2.09. The molecule has 1 atom stereocenters. The summed E-state index contributed by atoms with van der Waals surface area (Å²) in [5, 5.41) is 4.41. The van der Waals surface area contributed by atoms with Crippen LogP contribution in [-0.2, 0) is 6.42 Å². The van der Waals surface area contributed by atoms with Gasteiger partial charge in [0, 0.05) is 11.1 Å². The molecule has 0 fully saturated rings. The Morgan fingerprint density at radius 3 is 2.24 bits per heavy atom. The quantitative estimate of drug-likeness (QED) is 0.804. The molecule has 1 N–H and O–H groups in total. The first-order chi connectivity index (χ1) is 9.97. The lowest BCUT2D eigenvalue weighted by Crippen LogP contribution is -2.22. The van der Waals surface area contributed by atoms with Crippen molar-refractivity contribution in [3.05, 3.63) is 69.2 Å². The molecular formula is C19H24ClN. The first-order valence-electron chi connectivity index (χ1n) is 7.53. The highest BCUT2D eigenvalue weighted by atomic mass is 35.5. The largest absolute Gasteiger partial charge is 0.310 e. The molecule has 0 radical (unpaired) electrons. The molecule has 2 aromatic carbocycles. The van der Waals surface area contributed by atoms with Crippen LogP contribution in [0.4, 0.5) is 0 Å². The molecule has 0 saturated carbocycles. The second-order valence-electron chi connectivity index (χ2n) is 5.85. The smallest absolute Gasteiger partial charge is 0.0406 e. The standard InChI is InChI=1S/C19H24ClN/c1-13-11-15(3)19(12-14(13)2)16(4)21-10-9-17-5-7-18(20)8-6-17/h5-8,11-12,16,21H,9-10H2,1-4H3. The zero-order chi connectivity index (χ0) is 15.4. The third kappa shape index (κ3) is 4.33. The van der Waals surface area contributed by atoms with Crippen molar-refractivity contribution < 1.29 is 0 Å². The average molecular weight is 302 g/mol. The summed E-state index contributed by atoms with van der Waals surface area (Å²) in [5.74, 6) is 0. The summed E-state index contributed by atoms with van der Waals surface area (Å²) in [6.07, 6.45) is 1.02. The van der Waals surface area contributed by atoms with Gasteiger partial charge in [0.25, 0.3) is 0 Å². The Morgan fingerprint density at radius 2 is 1.57 bits per heavy atom. The number of rotatable bonds is 5. The molecule has 0 amide bonds. The van der Waals surface area contributed by atoms with Crippen molar-refractivity contribution in [3.63, 3.8) is 0 Å². The Morgan fingerprint density at radius 1 is 0.952 bits per heavy atom. The van der Waals surface area contributed by atoms with Crippen molar-refractivity contribution in [1.29, 1.82) is 0 Å². The van der Waals surface area contributed by atoms with Crippen LogP contribution in [-0.4, -0.2) is 6.54 Å². The molecule has 0 aliphatic heterocycles. The maximum Gasteiger partial charge on any atom is 0.0406 e. The topological polar surface area (TPSA) is 12.0 Å². The van der Waals surface area contributed by atoms with Gasteiger partial charge >= 0.3 is 0 Å². The van der Waals surface area contributed by atoms with Gasteiger partial charge in [-0.05, 0) is 80.6 Å². The van der Waals surface area contributed by atoms with Gasteiger partial charge in [-0.25, -0.2) is 0 Å². The van der Waals surface area contributed by atoms with E-state index in [0.29, 0.717) is 6.04 Å². The van der Waals surface area contributed by atoms with Crippen LogP contribution in [0.3, 0.4) is 0 Å². The van der Waals surface area contributed by atoms with Gasteiger partial charge < -0.3 is 5.32 Å². The third-order valence-electron chi connectivity index (χ3n) is 4.13. The van der Waals surface area contributed by atoms with E-state index in [0.717, 1.165) is 18.0 Å². The van der Waals surface area contributed by atoms with Gasteiger partial charge in [-0.1, -0.05) is 35.9 Å². The van der Waals surface area contributed by atoms with Crippen molar-refractivity contribution >= 4 is 11.6 Å². The summed E-state index contributed by atoms with van der Waals surface area (Å²) in [6.45, 7) is 9.75. The predicted octanol–water partition coefficient (Wildman–Crippen LogP) is 5.16. The number of halogens is 1. The van der Waals surface area contributed by atoms with Gasteiger partial charge in [0.1, 0.15) is 0 Å². The highest BCUT2D eigenvalue weighted by Crippen LogP contribution is 2.21. The number of benzene rings is 2. The van der Waals surface area contributed by atoms with Crippen molar-refractivity contribution in [1.82, 2.24) is 5.32 Å². The Hall–Kier alpha value is -1.31. The monoisotopic (exact) mass is 301 g/mol. The molecule has 0 saturated heterocycles. The van der Waals surface area contributed by atoms with E-state index < -0.39 is 0 Å². The van der Waals surface area contributed by atoms with Crippen LogP contribution in [0, 0.1) is 20.8 Å². The molecule has 2 rings (SSSR count). The maximum absolute atomic E-state index is 5.91. The fourth-order valence-electron chi connectivity index (χ4n) is 2.64. The normalized spacial score (nSPS) is 12.4. The minimum atomic E-state index is 0.372. The second kappa shape index (κ2) is 7.11. The number of nitrogens with one attached hydrogen (secondary N) is 1. The SMILES string of the molecule is Cc1cc(C)c(C(C)NCCc2ccc(Cl)cc2)cc1C. The minimum absolute atomic E-state index is 0.372. The zero-order valence-corrected chi connectivity index (χ0v) is 14.1. The van der Waals surface area contributed by atoms with Crippen molar-refractivity contribution in [2.45, 2.75) is 40.2 Å². The molecule has 2 aromatic rings. The lowest BCUT2D eigenvalue weighted by molar-refractivity contribution is 0.574. The summed E-state index contributed by atoms with van der Waals surface area (Å²) in [5.41, 5.74) is 6.81. The first-order valence-corrected chi connectivity index (χ1v) is 7.90. The van der Waals surface area contributed by atoms with E-state index in [-0.39, 0.29) is 0 Å². The van der Waals surface area contributed by atoms with E-state index in [1.807, 2.05) is 12.1 Å². The molecule has 0 spiro atoms. The van der Waals surface area contributed by atoms with E-state index in [9.17, 15) is 0 Å². The molecule has 0 heterocycles. The molecule has 0 aliphatic carbocycles. The molecular weight excluding hydrogens is 278 g/mol. The number of hydrogen-bond donors (Lipinski definition) is 1. The van der Waals surface area contributed by atoms with Crippen LogP contribution in [0.25, 0.3) is 0 Å². The molecule has 0 aliphatic rings. The summed E-state index contributed by atoms with van der Waals surface area (Å²) in [7, 11) is 0. The molecule has 21 heavy (non-hydrogen) atoms. The maximum atomic E-state index is 5.91. The highest BCUT2D eigenvalue weighted by molar-refractivity contribution is 6.30. The fourth-order valence-corrected chi connectivity index (χ4v) is 2.77. The van der Waals surface area contributed by atoms with E-state index in [1.54, 1.807) is 0 Å². The molecule has 0 bridgehead atoms. The van der Waals surface area contributed by atoms with Gasteiger partial charge in [-0.15, -0.1) is 0 Å². The van der Waals surface area contributed by atoms with Crippen LogP contribution >= 0.6 is 11.6 Å². The van der Waals surface area contributed by atoms with Crippen LogP contribution < -0.4 is 5.32 Å². The second-order valence-corrected chi connectivity index (χ2v) is 6.28. The Kier molecular flexibility index (Phi) is 5.44. The molecule has 2 heteroatoms. The van der Waals surface area contributed by atoms with E-state index >= 15 is 0 Å². The summed E-state index contributed by atoms with van der Waals surface area (Å²) in [6, 6.07) is 13.1. The number of aryl methyl sites for hydroxylation is 3. The van der Waals surface area contributed by atoms with Crippen LogP contribution in [0.1, 0.15) is 40.8 Å². The van der Waals surface area contributed by atoms with Crippen LogP contribution in [0.2, 0.25) is 5.02 Å². The van der Waals surface area contributed by atoms with Crippen molar-refractivity contribution in [3.8, 4) is 0 Å². The van der Waals surface area contributed by atoms with Crippen LogP contribution in [0.15, 0.2) is 36.4 Å². The van der Waals surface area contributed by atoms with Crippen molar-refractivity contribution in [2.75, 3.05) is 6.54 Å². The Labute approximate surface area is 133 Å². The lowest BCUT2D eigenvalue weighted by Gasteiger charge is -2.18. The van der Waals surface area contributed by atoms with E-state index in [2.05, 4.69) is 57.3 Å². The third-order valence-corrected chi connectivity index (χ3v) is 4.38. The average Bonchev–Trinajstić information content (AvgIpc) is 2.45. The van der Waals surface area contributed by atoms with Gasteiger partial charge in [0.2, 0.25) is 0 Å². The number of hydrogen-bond acceptors (Lipinski definition) is 1. The molecule has 112 valence electrons. The van der Waals surface area contributed by atoms with Gasteiger partial charge in [0.15, 0.2) is 0 Å².